The number of aliphatic hydroxyl groups is 1. The van der Waals surface area contributed by atoms with Crippen molar-refractivity contribution in [3.05, 3.63) is 77.4 Å². The summed E-state index contributed by atoms with van der Waals surface area (Å²) in [6.07, 6.45) is 2.51. The highest BCUT2D eigenvalue weighted by Gasteiger charge is 2.43. The van der Waals surface area contributed by atoms with E-state index in [1.54, 1.807) is 19.2 Å². The van der Waals surface area contributed by atoms with E-state index in [2.05, 4.69) is 32.7 Å². The lowest BCUT2D eigenvalue weighted by Crippen LogP contribution is -2.39. The number of aliphatic hydroxyl groups excluding tert-OH is 1. The van der Waals surface area contributed by atoms with E-state index in [1.165, 1.54) is 0 Å². The van der Waals surface area contributed by atoms with Crippen molar-refractivity contribution in [2.45, 2.75) is 45.7 Å². The summed E-state index contributed by atoms with van der Waals surface area (Å²) >= 11 is 0. The molecule has 0 radical (unpaired) electrons. The van der Waals surface area contributed by atoms with Gasteiger partial charge in [-0.25, -0.2) is 9.97 Å². The zero-order valence-corrected chi connectivity index (χ0v) is 21.9. The van der Waals surface area contributed by atoms with Crippen LogP contribution in [0.1, 0.15) is 60.7 Å². The Morgan fingerprint density at radius 1 is 1.08 bits per heavy atom. The van der Waals surface area contributed by atoms with Gasteiger partial charge in [0.05, 0.1) is 40.7 Å². The molecule has 1 aliphatic rings. The Labute approximate surface area is 221 Å². The van der Waals surface area contributed by atoms with Crippen LogP contribution in [0.3, 0.4) is 0 Å². The number of pyridine rings is 2. The van der Waals surface area contributed by atoms with Crippen LogP contribution in [-0.2, 0) is 5.54 Å². The molecule has 0 fully saturated rings. The van der Waals surface area contributed by atoms with E-state index in [0.29, 0.717) is 46.8 Å². The molecule has 0 aliphatic carbocycles. The largest absolute Gasteiger partial charge is 0.421 e. The van der Waals surface area contributed by atoms with Crippen LogP contribution in [0.2, 0.25) is 0 Å². The van der Waals surface area contributed by atoms with Crippen LogP contribution in [0.15, 0.2) is 59.1 Å². The van der Waals surface area contributed by atoms with Crippen molar-refractivity contribution in [3.63, 3.8) is 0 Å². The number of aryl methyl sites for hydroxylation is 1. The molecule has 0 bridgehead atoms. The molecule has 0 saturated carbocycles. The van der Waals surface area contributed by atoms with Crippen LogP contribution in [-0.4, -0.2) is 49.2 Å². The highest BCUT2D eigenvalue weighted by atomic mass is 16.4. The van der Waals surface area contributed by atoms with Gasteiger partial charge in [0.25, 0.3) is 11.8 Å². The Balaban J connectivity index is 1.48. The SMILES string of the molecule is CCCN1C(=O)c2ccc(Nc3cc(N[C@H](CO)c4ccccc4)c(-c4nnc(C)o4)cn3)nc2C1(C)C. The number of amides is 1. The van der Waals surface area contributed by atoms with Crippen molar-refractivity contribution >= 4 is 23.2 Å². The molecule has 3 aromatic heterocycles. The molecule has 0 spiro atoms. The maximum Gasteiger partial charge on any atom is 0.256 e. The van der Waals surface area contributed by atoms with Gasteiger partial charge < -0.3 is 25.1 Å². The van der Waals surface area contributed by atoms with Crippen LogP contribution in [0.25, 0.3) is 11.5 Å². The van der Waals surface area contributed by atoms with Gasteiger partial charge >= 0.3 is 0 Å². The molecule has 5 rings (SSSR count). The second-order valence-electron chi connectivity index (χ2n) is 9.77. The lowest BCUT2D eigenvalue weighted by Gasteiger charge is -2.31. The van der Waals surface area contributed by atoms with Gasteiger partial charge in [0, 0.05) is 25.7 Å². The van der Waals surface area contributed by atoms with E-state index in [-0.39, 0.29) is 18.6 Å². The van der Waals surface area contributed by atoms with Crippen molar-refractivity contribution in [2.75, 3.05) is 23.8 Å². The minimum Gasteiger partial charge on any atom is -0.421 e. The van der Waals surface area contributed by atoms with Gasteiger partial charge in [-0.2, -0.15) is 0 Å². The second-order valence-corrected chi connectivity index (χ2v) is 9.77. The molecule has 38 heavy (non-hydrogen) atoms. The van der Waals surface area contributed by atoms with Gasteiger partial charge in [-0.3, -0.25) is 4.79 Å². The van der Waals surface area contributed by atoms with Gasteiger partial charge in [-0.15, -0.1) is 10.2 Å². The zero-order chi connectivity index (χ0) is 26.9. The van der Waals surface area contributed by atoms with Crippen molar-refractivity contribution in [3.8, 4) is 11.5 Å². The van der Waals surface area contributed by atoms with Crippen molar-refractivity contribution in [2.24, 2.45) is 0 Å². The van der Waals surface area contributed by atoms with Gasteiger partial charge in [0.2, 0.25) is 5.89 Å². The molecule has 10 nitrogen and oxygen atoms in total. The average Bonchev–Trinajstić information content (AvgIpc) is 3.43. The minimum atomic E-state index is -0.510. The van der Waals surface area contributed by atoms with Gasteiger partial charge in [-0.05, 0) is 38.0 Å². The standard InChI is InChI=1S/C28H31N7O3/c1-5-13-35-27(37)19-11-12-23(32-25(19)28(35,3)4)31-24-14-21(20(15-29-24)26-34-33-17(2)38-26)30-22(16-36)18-9-7-6-8-10-18/h6-12,14-15,22,36H,5,13,16H2,1-4H3,(H2,29,30,31,32)/t22-/m1/s1. The van der Waals surface area contributed by atoms with Gasteiger partial charge in [0.15, 0.2) is 0 Å². The number of benzene rings is 1. The number of nitrogens with one attached hydrogen (secondary N) is 2. The predicted octanol–water partition coefficient (Wildman–Crippen LogP) is 4.83. The number of carbonyl (C=O) groups excluding carboxylic acids is 1. The molecule has 4 heterocycles. The molecule has 0 saturated heterocycles. The number of hydrogen-bond donors (Lipinski definition) is 3. The quantitative estimate of drug-likeness (QED) is 0.288. The second kappa shape index (κ2) is 10.2. The summed E-state index contributed by atoms with van der Waals surface area (Å²) in [5, 5.41) is 24.9. The highest BCUT2D eigenvalue weighted by molar-refractivity contribution is 5.99. The number of hydrogen-bond acceptors (Lipinski definition) is 9. The molecule has 0 unspecified atom stereocenters. The Morgan fingerprint density at radius 3 is 2.55 bits per heavy atom. The van der Waals surface area contributed by atoms with Crippen molar-refractivity contribution in [1.29, 1.82) is 0 Å². The first-order valence-electron chi connectivity index (χ1n) is 12.6. The molecule has 3 N–H and O–H groups in total. The number of fused-ring (bicyclic) bond motifs is 1. The monoisotopic (exact) mass is 513 g/mol. The van der Waals surface area contributed by atoms with E-state index in [9.17, 15) is 9.90 Å². The van der Waals surface area contributed by atoms with E-state index >= 15 is 0 Å². The van der Waals surface area contributed by atoms with Crippen molar-refractivity contribution in [1.82, 2.24) is 25.1 Å². The fraction of sp³-hybridized carbons (Fsp3) is 0.321. The predicted molar refractivity (Wildman–Crippen MR) is 144 cm³/mol. The number of rotatable bonds is 9. The van der Waals surface area contributed by atoms with Crippen LogP contribution in [0.4, 0.5) is 17.3 Å². The van der Waals surface area contributed by atoms with Crippen molar-refractivity contribution < 1.29 is 14.3 Å². The Hall–Kier alpha value is -4.31. The average molecular weight is 514 g/mol. The zero-order valence-electron chi connectivity index (χ0n) is 21.9. The normalized spacial score (nSPS) is 14.9. The Kier molecular flexibility index (Phi) is 6.81. The summed E-state index contributed by atoms with van der Waals surface area (Å²) in [7, 11) is 0. The third-order valence-corrected chi connectivity index (χ3v) is 6.70. The lowest BCUT2D eigenvalue weighted by molar-refractivity contribution is 0.0615. The van der Waals surface area contributed by atoms with Gasteiger partial charge in [0.1, 0.15) is 11.6 Å². The third-order valence-electron chi connectivity index (χ3n) is 6.70. The molecular weight excluding hydrogens is 482 g/mol. The van der Waals surface area contributed by atoms with Crippen LogP contribution in [0, 0.1) is 6.92 Å². The summed E-state index contributed by atoms with van der Waals surface area (Å²) in [4.78, 5) is 24.2. The molecule has 1 aliphatic heterocycles. The number of carbonyl (C=O) groups is 1. The number of nitrogens with zero attached hydrogens (tertiary/aromatic N) is 5. The van der Waals surface area contributed by atoms with E-state index in [1.807, 2.05) is 61.2 Å². The summed E-state index contributed by atoms with van der Waals surface area (Å²) < 4.78 is 5.67. The number of anilines is 3. The van der Waals surface area contributed by atoms with E-state index in [4.69, 9.17) is 9.40 Å². The highest BCUT2D eigenvalue weighted by Crippen LogP contribution is 2.38. The van der Waals surface area contributed by atoms with E-state index in [0.717, 1.165) is 17.7 Å². The van der Waals surface area contributed by atoms with Crippen LogP contribution >= 0.6 is 0 Å². The van der Waals surface area contributed by atoms with Crippen LogP contribution in [0.5, 0.6) is 0 Å². The number of aromatic nitrogens is 4. The fourth-order valence-corrected chi connectivity index (χ4v) is 4.76. The first kappa shape index (κ1) is 25.3. The maximum atomic E-state index is 12.9. The maximum absolute atomic E-state index is 12.9. The summed E-state index contributed by atoms with van der Waals surface area (Å²) in [6, 6.07) is 14.7. The first-order valence-corrected chi connectivity index (χ1v) is 12.6. The fourth-order valence-electron chi connectivity index (χ4n) is 4.76. The summed E-state index contributed by atoms with van der Waals surface area (Å²) in [5.41, 5.74) is 3.04. The Bertz CT molecular complexity index is 1450. The molecule has 10 heteroatoms. The lowest BCUT2D eigenvalue weighted by atomic mass is 9.99. The van der Waals surface area contributed by atoms with Crippen LogP contribution < -0.4 is 10.6 Å². The Morgan fingerprint density at radius 2 is 1.87 bits per heavy atom. The third kappa shape index (κ3) is 4.70. The minimum absolute atomic E-state index is 0.00525. The molecule has 1 amide bonds. The summed E-state index contributed by atoms with van der Waals surface area (Å²) in [6.45, 7) is 8.36. The molecular formula is C28H31N7O3. The topological polar surface area (TPSA) is 129 Å². The molecule has 1 aromatic carbocycles. The smallest absolute Gasteiger partial charge is 0.256 e. The first-order chi connectivity index (χ1) is 18.3. The molecule has 1 atom stereocenters. The van der Waals surface area contributed by atoms with E-state index < -0.39 is 5.54 Å². The van der Waals surface area contributed by atoms with Gasteiger partial charge in [-0.1, -0.05) is 37.3 Å². The molecule has 4 aromatic rings. The summed E-state index contributed by atoms with van der Waals surface area (Å²) in [5.74, 6) is 1.86. The molecule has 196 valence electrons.